The third kappa shape index (κ3) is 4.24. The van der Waals surface area contributed by atoms with E-state index in [1.807, 2.05) is 38.1 Å². The van der Waals surface area contributed by atoms with Gasteiger partial charge in [-0.05, 0) is 43.2 Å². The molecule has 1 aromatic heterocycles. The molecule has 8 heteroatoms. The molecule has 2 N–H and O–H groups in total. The Balaban J connectivity index is 1.69. The SMILES string of the molecule is CCCc1[nH]n(-c2cccc(Cl)c2)c(=O)c1/C=C1\NC(=O)N(Cc2cccc(C)c2)C1=O. The third-order valence-electron chi connectivity index (χ3n) is 5.25. The van der Waals surface area contributed by atoms with Crippen LogP contribution in [-0.2, 0) is 17.8 Å². The maximum Gasteiger partial charge on any atom is 0.329 e. The van der Waals surface area contributed by atoms with Crippen LogP contribution >= 0.6 is 11.6 Å². The quantitative estimate of drug-likeness (QED) is 0.436. The Morgan fingerprint density at radius 2 is 1.84 bits per heavy atom. The highest BCUT2D eigenvalue weighted by Crippen LogP contribution is 2.20. The third-order valence-corrected chi connectivity index (χ3v) is 5.48. The first kappa shape index (κ1) is 21.6. The molecule has 3 amide bonds. The van der Waals surface area contributed by atoms with E-state index >= 15 is 0 Å². The Hall–Kier alpha value is -3.58. The smallest absolute Gasteiger partial charge is 0.303 e. The van der Waals surface area contributed by atoms with Crippen molar-refractivity contribution in [1.29, 1.82) is 0 Å². The summed E-state index contributed by atoms with van der Waals surface area (Å²) in [4.78, 5) is 39.7. The van der Waals surface area contributed by atoms with Gasteiger partial charge in [-0.2, -0.15) is 0 Å². The number of hydrogen-bond donors (Lipinski definition) is 2. The summed E-state index contributed by atoms with van der Waals surface area (Å²) in [5.41, 5.74) is 3.27. The van der Waals surface area contributed by atoms with Crippen LogP contribution in [0.3, 0.4) is 0 Å². The number of nitrogens with one attached hydrogen (secondary N) is 2. The number of H-pyrrole nitrogens is 1. The molecular weight excluding hydrogens is 428 g/mol. The van der Waals surface area contributed by atoms with Crippen LogP contribution in [0.25, 0.3) is 11.8 Å². The number of urea groups is 1. The lowest BCUT2D eigenvalue weighted by Gasteiger charge is -2.12. The van der Waals surface area contributed by atoms with Crippen molar-refractivity contribution in [2.75, 3.05) is 0 Å². The molecule has 1 aliphatic rings. The number of aryl methyl sites for hydroxylation is 2. The highest BCUT2D eigenvalue weighted by atomic mass is 35.5. The number of amides is 3. The number of rotatable bonds is 6. The molecule has 2 aromatic carbocycles. The van der Waals surface area contributed by atoms with Gasteiger partial charge in [-0.25, -0.2) is 9.48 Å². The van der Waals surface area contributed by atoms with E-state index in [9.17, 15) is 14.4 Å². The Labute approximate surface area is 190 Å². The average Bonchev–Trinajstić information content (AvgIpc) is 3.20. The highest BCUT2D eigenvalue weighted by Gasteiger charge is 2.34. The predicted octanol–water partition coefficient (Wildman–Crippen LogP) is 4.17. The van der Waals surface area contributed by atoms with E-state index in [0.717, 1.165) is 22.4 Å². The Bertz CT molecular complexity index is 1290. The summed E-state index contributed by atoms with van der Waals surface area (Å²) in [6.07, 6.45) is 2.86. The zero-order chi connectivity index (χ0) is 22.8. The van der Waals surface area contributed by atoms with E-state index in [4.69, 9.17) is 11.6 Å². The van der Waals surface area contributed by atoms with Crippen LogP contribution in [0.15, 0.2) is 59.0 Å². The second kappa shape index (κ2) is 8.88. The summed E-state index contributed by atoms with van der Waals surface area (Å²) >= 11 is 6.08. The molecular formula is C24H23ClN4O3. The largest absolute Gasteiger partial charge is 0.329 e. The minimum absolute atomic E-state index is 0.0781. The molecule has 32 heavy (non-hydrogen) atoms. The van der Waals surface area contributed by atoms with Crippen molar-refractivity contribution >= 4 is 29.6 Å². The van der Waals surface area contributed by atoms with Gasteiger partial charge in [0, 0.05) is 10.7 Å². The fraction of sp³-hybridized carbons (Fsp3) is 0.208. The topological polar surface area (TPSA) is 87.2 Å². The molecule has 164 valence electrons. The summed E-state index contributed by atoms with van der Waals surface area (Å²) in [7, 11) is 0. The van der Waals surface area contributed by atoms with E-state index in [-0.39, 0.29) is 17.8 Å². The first-order valence-electron chi connectivity index (χ1n) is 10.4. The van der Waals surface area contributed by atoms with Gasteiger partial charge in [0.1, 0.15) is 5.70 Å². The molecule has 0 bridgehead atoms. The molecule has 1 saturated heterocycles. The first-order chi connectivity index (χ1) is 15.4. The van der Waals surface area contributed by atoms with Crippen LogP contribution in [0, 0.1) is 6.92 Å². The van der Waals surface area contributed by atoms with Crippen molar-refractivity contribution in [2.45, 2.75) is 33.2 Å². The number of hydrogen-bond acceptors (Lipinski definition) is 3. The van der Waals surface area contributed by atoms with Gasteiger partial charge < -0.3 is 5.32 Å². The van der Waals surface area contributed by atoms with Crippen molar-refractivity contribution < 1.29 is 9.59 Å². The fourth-order valence-corrected chi connectivity index (χ4v) is 3.92. The van der Waals surface area contributed by atoms with Gasteiger partial charge in [0.25, 0.3) is 11.5 Å². The maximum atomic E-state index is 13.2. The number of aromatic nitrogens is 2. The Morgan fingerprint density at radius 3 is 2.56 bits per heavy atom. The van der Waals surface area contributed by atoms with Crippen molar-refractivity contribution in [1.82, 2.24) is 20.0 Å². The monoisotopic (exact) mass is 450 g/mol. The van der Waals surface area contributed by atoms with Crippen LogP contribution in [-0.4, -0.2) is 26.6 Å². The van der Waals surface area contributed by atoms with Gasteiger partial charge in [0.2, 0.25) is 0 Å². The summed E-state index contributed by atoms with van der Waals surface area (Å²) < 4.78 is 1.40. The first-order valence-corrected chi connectivity index (χ1v) is 10.7. The molecule has 4 rings (SSSR count). The molecule has 2 heterocycles. The minimum atomic E-state index is -0.509. The van der Waals surface area contributed by atoms with Crippen LogP contribution in [0.5, 0.6) is 0 Å². The predicted molar refractivity (Wildman–Crippen MR) is 124 cm³/mol. The lowest BCUT2D eigenvalue weighted by atomic mass is 10.1. The van der Waals surface area contributed by atoms with Gasteiger partial charge in [0.15, 0.2) is 0 Å². The summed E-state index contributed by atoms with van der Waals surface area (Å²) in [5, 5.41) is 6.23. The molecule has 0 spiro atoms. The Kier molecular flexibility index (Phi) is 6.01. The molecule has 0 radical (unpaired) electrons. The summed E-state index contributed by atoms with van der Waals surface area (Å²) in [6.45, 7) is 4.11. The molecule has 1 fully saturated rings. The normalized spacial score (nSPS) is 15.0. The second-order valence-electron chi connectivity index (χ2n) is 7.74. The van der Waals surface area contributed by atoms with Crippen LogP contribution < -0.4 is 10.9 Å². The summed E-state index contributed by atoms with van der Waals surface area (Å²) in [5.74, 6) is -0.464. The zero-order valence-corrected chi connectivity index (χ0v) is 18.6. The number of carbonyl (C=O) groups is 2. The number of nitrogens with zero attached hydrogens (tertiary/aromatic N) is 2. The number of carbonyl (C=O) groups excluding carboxylic acids is 2. The molecule has 0 saturated carbocycles. The lowest BCUT2D eigenvalue weighted by Crippen LogP contribution is -2.30. The van der Waals surface area contributed by atoms with Crippen molar-refractivity contribution in [3.05, 3.63) is 92.0 Å². The molecule has 0 aliphatic carbocycles. The van der Waals surface area contributed by atoms with Crippen LogP contribution in [0.4, 0.5) is 4.79 Å². The lowest BCUT2D eigenvalue weighted by molar-refractivity contribution is -0.123. The molecule has 3 aromatic rings. The van der Waals surface area contributed by atoms with Gasteiger partial charge >= 0.3 is 6.03 Å². The van der Waals surface area contributed by atoms with Crippen LogP contribution in [0.1, 0.15) is 35.7 Å². The van der Waals surface area contributed by atoms with Crippen molar-refractivity contribution in [3.8, 4) is 5.69 Å². The highest BCUT2D eigenvalue weighted by molar-refractivity contribution is 6.30. The minimum Gasteiger partial charge on any atom is -0.303 e. The standard InChI is InChI=1S/C24H23ClN4O3/c1-3-6-20-19(22(30)29(27-20)18-10-5-9-17(25)12-18)13-21-23(31)28(24(32)26-21)14-16-8-4-7-15(2)11-16/h4-5,7-13,27H,3,6,14H2,1-2H3,(H,26,32)/b21-13-. The van der Waals surface area contributed by atoms with E-state index in [1.165, 1.54) is 10.8 Å². The number of imide groups is 1. The van der Waals surface area contributed by atoms with Crippen LogP contribution in [0.2, 0.25) is 5.02 Å². The second-order valence-corrected chi connectivity index (χ2v) is 8.18. The van der Waals surface area contributed by atoms with E-state index in [1.54, 1.807) is 24.3 Å². The van der Waals surface area contributed by atoms with E-state index in [2.05, 4.69) is 10.4 Å². The van der Waals surface area contributed by atoms with Gasteiger partial charge in [-0.1, -0.05) is 60.8 Å². The van der Waals surface area contributed by atoms with Crippen molar-refractivity contribution in [2.24, 2.45) is 0 Å². The molecule has 0 atom stereocenters. The average molecular weight is 451 g/mol. The number of benzene rings is 2. The zero-order valence-electron chi connectivity index (χ0n) is 17.8. The number of halogens is 1. The Morgan fingerprint density at radius 1 is 1.06 bits per heavy atom. The number of aromatic amines is 1. The van der Waals surface area contributed by atoms with Crippen molar-refractivity contribution in [3.63, 3.8) is 0 Å². The molecule has 0 unspecified atom stereocenters. The van der Waals surface area contributed by atoms with Gasteiger partial charge in [-0.3, -0.25) is 19.6 Å². The molecule has 7 nitrogen and oxygen atoms in total. The van der Waals surface area contributed by atoms with Gasteiger partial charge in [0.05, 0.1) is 17.8 Å². The summed E-state index contributed by atoms with van der Waals surface area (Å²) in [6, 6.07) is 14.0. The van der Waals surface area contributed by atoms with E-state index in [0.29, 0.717) is 28.4 Å². The van der Waals surface area contributed by atoms with Gasteiger partial charge in [-0.15, -0.1) is 0 Å². The van der Waals surface area contributed by atoms with E-state index < -0.39 is 11.9 Å². The maximum absolute atomic E-state index is 13.2. The molecule has 1 aliphatic heterocycles. The fourth-order valence-electron chi connectivity index (χ4n) is 3.73.